The number of anilines is 2. The van der Waals surface area contributed by atoms with Gasteiger partial charge in [0.15, 0.2) is 11.5 Å². The van der Waals surface area contributed by atoms with Gasteiger partial charge in [0.1, 0.15) is 30.6 Å². The van der Waals surface area contributed by atoms with E-state index in [4.69, 9.17) is 9.47 Å². The largest absolute Gasteiger partial charge is 0.507 e. The Balaban J connectivity index is 1.68. The van der Waals surface area contributed by atoms with Gasteiger partial charge in [0.05, 0.1) is 17.3 Å². The van der Waals surface area contributed by atoms with Crippen LogP contribution in [0.4, 0.5) is 20.2 Å². The van der Waals surface area contributed by atoms with Gasteiger partial charge in [0.25, 0.3) is 11.7 Å². The first-order valence-electron chi connectivity index (χ1n) is 12.3. The average Bonchev–Trinajstić information content (AvgIpc) is 3.20. The van der Waals surface area contributed by atoms with Crippen molar-refractivity contribution < 1.29 is 33.0 Å². The molecule has 0 spiro atoms. The molecule has 7 nitrogen and oxygen atoms in total. The van der Waals surface area contributed by atoms with E-state index in [1.165, 1.54) is 6.07 Å². The minimum Gasteiger partial charge on any atom is -0.507 e. The van der Waals surface area contributed by atoms with Crippen molar-refractivity contribution in [1.82, 2.24) is 0 Å². The Morgan fingerprint density at radius 2 is 1.63 bits per heavy atom. The molecule has 3 aromatic carbocycles. The highest BCUT2D eigenvalue weighted by molar-refractivity contribution is 6.51. The van der Waals surface area contributed by atoms with E-state index in [1.807, 2.05) is 26.0 Å². The quantitative estimate of drug-likeness (QED) is 0.273. The van der Waals surface area contributed by atoms with Gasteiger partial charge < -0.3 is 19.5 Å². The van der Waals surface area contributed by atoms with Gasteiger partial charge in [-0.2, -0.15) is 0 Å². The summed E-state index contributed by atoms with van der Waals surface area (Å²) in [4.78, 5) is 29.7. The van der Waals surface area contributed by atoms with E-state index in [1.54, 1.807) is 24.3 Å². The number of Topliss-reactive ketones (excluding diaryl/α,β-unsaturated/α-hetero) is 1. The molecule has 9 heteroatoms. The van der Waals surface area contributed by atoms with Gasteiger partial charge in [-0.1, -0.05) is 12.1 Å². The van der Waals surface area contributed by atoms with Crippen molar-refractivity contribution in [2.24, 2.45) is 0 Å². The molecule has 1 fully saturated rings. The van der Waals surface area contributed by atoms with Crippen molar-refractivity contribution in [2.75, 3.05) is 36.1 Å². The minimum absolute atomic E-state index is 0.219. The molecule has 1 N–H and O–H groups in total. The minimum atomic E-state index is -1.20. The standard InChI is InChI=1S/C29H26F2N2O5/c1-3-32(4-2)20-9-5-17(6-10-20)26-25(27(34)18-7-12-23-24(15-18)38-14-13-37-23)28(35)29(36)33(26)22-16-19(30)8-11-21(22)31/h5-12,15-16,26,34H,3-4,13-14H2,1-2H3/b27-25-. The molecule has 0 saturated carbocycles. The van der Waals surface area contributed by atoms with Crippen LogP contribution in [0.15, 0.2) is 66.2 Å². The van der Waals surface area contributed by atoms with Crippen LogP contribution in [0.3, 0.4) is 0 Å². The number of hydrogen-bond donors (Lipinski definition) is 1. The molecule has 1 atom stereocenters. The lowest BCUT2D eigenvalue weighted by Gasteiger charge is -2.27. The summed E-state index contributed by atoms with van der Waals surface area (Å²) in [6.45, 7) is 6.28. The molecule has 1 amide bonds. The molecule has 0 aromatic heterocycles. The molecule has 2 aliphatic heterocycles. The van der Waals surface area contributed by atoms with E-state index in [0.717, 1.165) is 41.9 Å². The first-order chi connectivity index (χ1) is 18.3. The summed E-state index contributed by atoms with van der Waals surface area (Å²) in [6.07, 6.45) is 0. The second-order valence-electron chi connectivity index (χ2n) is 8.89. The summed E-state index contributed by atoms with van der Waals surface area (Å²) >= 11 is 0. The maximum absolute atomic E-state index is 14.9. The molecule has 1 unspecified atom stereocenters. The molecule has 0 bridgehead atoms. The Labute approximate surface area is 218 Å². The Hall–Kier alpha value is -4.40. The van der Waals surface area contributed by atoms with Gasteiger partial charge in [-0.3, -0.25) is 14.5 Å². The Kier molecular flexibility index (Phi) is 6.75. The number of benzene rings is 3. The topological polar surface area (TPSA) is 79.3 Å². The summed E-state index contributed by atoms with van der Waals surface area (Å²) in [5.74, 6) is -3.34. The third kappa shape index (κ3) is 4.34. The lowest BCUT2D eigenvalue weighted by Crippen LogP contribution is -2.30. The lowest BCUT2D eigenvalue weighted by atomic mass is 9.94. The lowest BCUT2D eigenvalue weighted by molar-refractivity contribution is -0.132. The zero-order valence-electron chi connectivity index (χ0n) is 20.9. The summed E-state index contributed by atoms with van der Waals surface area (Å²) < 4.78 is 40.2. The fourth-order valence-corrected chi connectivity index (χ4v) is 4.87. The monoisotopic (exact) mass is 520 g/mol. The smallest absolute Gasteiger partial charge is 0.300 e. The van der Waals surface area contributed by atoms with Crippen LogP contribution in [-0.2, 0) is 9.59 Å². The summed E-state index contributed by atoms with van der Waals surface area (Å²) in [5.41, 5.74) is 0.941. The van der Waals surface area contributed by atoms with E-state index < -0.39 is 40.8 Å². The van der Waals surface area contributed by atoms with Crippen LogP contribution in [0.2, 0.25) is 0 Å². The van der Waals surface area contributed by atoms with Gasteiger partial charge >= 0.3 is 0 Å². The predicted molar refractivity (Wildman–Crippen MR) is 139 cm³/mol. The number of hydrogen-bond acceptors (Lipinski definition) is 6. The number of nitrogens with zero attached hydrogens (tertiary/aromatic N) is 2. The van der Waals surface area contributed by atoms with Gasteiger partial charge in [-0.05, 0) is 61.9 Å². The van der Waals surface area contributed by atoms with Crippen LogP contribution in [0.5, 0.6) is 11.5 Å². The summed E-state index contributed by atoms with van der Waals surface area (Å²) in [7, 11) is 0. The molecule has 38 heavy (non-hydrogen) atoms. The second kappa shape index (κ2) is 10.2. The van der Waals surface area contributed by atoms with Gasteiger partial charge in [0.2, 0.25) is 0 Å². The van der Waals surface area contributed by atoms with Crippen molar-refractivity contribution in [3.63, 3.8) is 0 Å². The number of halogens is 2. The van der Waals surface area contributed by atoms with Gasteiger partial charge in [0, 0.05) is 30.4 Å². The number of aliphatic hydroxyl groups is 1. The van der Waals surface area contributed by atoms with Crippen molar-refractivity contribution in [3.05, 3.63) is 89.0 Å². The molecule has 2 aliphatic rings. The van der Waals surface area contributed by atoms with Crippen LogP contribution in [0.25, 0.3) is 5.76 Å². The number of amides is 1. The first kappa shape index (κ1) is 25.3. The first-order valence-corrected chi connectivity index (χ1v) is 12.3. The van der Waals surface area contributed by atoms with Crippen LogP contribution in [0.1, 0.15) is 31.0 Å². The summed E-state index contributed by atoms with van der Waals surface area (Å²) in [5, 5.41) is 11.4. The van der Waals surface area contributed by atoms with Crippen LogP contribution in [0, 0.1) is 11.6 Å². The number of fused-ring (bicyclic) bond motifs is 1. The molecule has 5 rings (SSSR count). The van der Waals surface area contributed by atoms with Gasteiger partial charge in [-0.25, -0.2) is 8.78 Å². The SMILES string of the molecule is CCN(CC)c1ccc(C2/C(=C(/O)c3ccc4c(c3)OCCO4)C(=O)C(=O)N2c2cc(F)ccc2F)cc1. The third-order valence-corrected chi connectivity index (χ3v) is 6.77. The van der Waals surface area contributed by atoms with E-state index in [-0.39, 0.29) is 11.1 Å². The van der Waals surface area contributed by atoms with Crippen molar-refractivity contribution >= 4 is 28.8 Å². The van der Waals surface area contributed by atoms with Crippen LogP contribution >= 0.6 is 0 Å². The average molecular weight is 521 g/mol. The molecule has 196 valence electrons. The summed E-state index contributed by atoms with van der Waals surface area (Å²) in [6, 6.07) is 13.2. The molecule has 0 radical (unpaired) electrons. The Bertz CT molecular complexity index is 1430. The number of carbonyl (C=O) groups is 2. The van der Waals surface area contributed by atoms with Gasteiger partial charge in [-0.15, -0.1) is 0 Å². The molecular weight excluding hydrogens is 494 g/mol. The molecule has 1 saturated heterocycles. The van der Waals surface area contributed by atoms with Crippen molar-refractivity contribution in [1.29, 1.82) is 0 Å². The van der Waals surface area contributed by atoms with E-state index in [0.29, 0.717) is 30.3 Å². The molecular formula is C29H26F2N2O5. The highest BCUT2D eigenvalue weighted by Crippen LogP contribution is 2.44. The predicted octanol–water partition coefficient (Wildman–Crippen LogP) is 5.21. The number of ether oxygens (including phenoxy) is 2. The van der Waals surface area contributed by atoms with Crippen molar-refractivity contribution in [2.45, 2.75) is 19.9 Å². The van der Waals surface area contributed by atoms with Crippen molar-refractivity contribution in [3.8, 4) is 11.5 Å². The zero-order valence-corrected chi connectivity index (χ0v) is 20.9. The van der Waals surface area contributed by atoms with Crippen LogP contribution < -0.4 is 19.3 Å². The maximum Gasteiger partial charge on any atom is 0.300 e. The Morgan fingerprint density at radius 1 is 0.947 bits per heavy atom. The molecule has 2 heterocycles. The number of ketones is 1. The highest BCUT2D eigenvalue weighted by Gasteiger charge is 2.48. The maximum atomic E-state index is 14.9. The van der Waals surface area contributed by atoms with Crippen LogP contribution in [-0.4, -0.2) is 43.1 Å². The second-order valence-corrected chi connectivity index (χ2v) is 8.89. The number of aliphatic hydroxyl groups excluding tert-OH is 1. The Morgan fingerprint density at radius 3 is 2.32 bits per heavy atom. The third-order valence-electron chi connectivity index (χ3n) is 6.77. The molecule has 0 aliphatic carbocycles. The normalized spacial score (nSPS) is 18.1. The number of carbonyl (C=O) groups excluding carboxylic acids is 2. The zero-order chi connectivity index (χ0) is 27.0. The fourth-order valence-electron chi connectivity index (χ4n) is 4.87. The highest BCUT2D eigenvalue weighted by atomic mass is 19.1. The molecule has 3 aromatic rings. The van der Waals surface area contributed by atoms with E-state index in [9.17, 15) is 23.5 Å². The van der Waals surface area contributed by atoms with E-state index in [2.05, 4.69) is 4.90 Å². The van der Waals surface area contributed by atoms with E-state index >= 15 is 0 Å². The number of rotatable bonds is 6. The fraction of sp³-hybridized carbons (Fsp3) is 0.241.